The Morgan fingerprint density at radius 1 is 1.06 bits per heavy atom. The van der Waals surface area contributed by atoms with Crippen LogP contribution in [0.1, 0.15) is 36.5 Å². The van der Waals surface area contributed by atoms with E-state index < -0.39 is 0 Å². The van der Waals surface area contributed by atoms with Crippen LogP contribution in [0.3, 0.4) is 0 Å². The van der Waals surface area contributed by atoms with Gasteiger partial charge in [-0.15, -0.1) is 0 Å². The number of amides is 1. The van der Waals surface area contributed by atoms with Gasteiger partial charge in [-0.2, -0.15) is 10.2 Å². The molecule has 4 aromatic rings. The first kappa shape index (κ1) is 23.0. The summed E-state index contributed by atoms with van der Waals surface area (Å²) in [6.07, 6.45) is 3.51. The quantitative estimate of drug-likeness (QED) is 0.283. The maximum absolute atomic E-state index is 12.2. The van der Waals surface area contributed by atoms with Gasteiger partial charge in [-0.25, -0.2) is 10.1 Å². The number of aromatic nitrogens is 2. The molecule has 0 saturated heterocycles. The van der Waals surface area contributed by atoms with Crippen LogP contribution in [0.15, 0.2) is 90.2 Å². The number of aryl methyl sites for hydroxylation is 1. The Kier molecular flexibility index (Phi) is 7.18. The van der Waals surface area contributed by atoms with E-state index in [0.717, 1.165) is 28.1 Å². The van der Waals surface area contributed by atoms with Gasteiger partial charge in [0.1, 0.15) is 11.4 Å². The van der Waals surface area contributed by atoms with Gasteiger partial charge in [0, 0.05) is 17.3 Å². The zero-order chi connectivity index (χ0) is 23.9. The van der Waals surface area contributed by atoms with Crippen molar-refractivity contribution in [2.75, 3.05) is 6.61 Å². The first-order valence-corrected chi connectivity index (χ1v) is 11.3. The number of ether oxygens (including phenoxy) is 1. The molecule has 1 aromatic heterocycles. The average molecular weight is 453 g/mol. The molecule has 4 rings (SSSR count). The summed E-state index contributed by atoms with van der Waals surface area (Å²) < 4.78 is 7.38. The van der Waals surface area contributed by atoms with Crippen molar-refractivity contribution in [1.82, 2.24) is 15.2 Å². The highest BCUT2D eigenvalue weighted by Gasteiger charge is 2.12. The molecule has 0 fully saturated rings. The van der Waals surface area contributed by atoms with Crippen molar-refractivity contribution in [1.29, 1.82) is 0 Å². The standard InChI is InChI=1S/C28H28N4O2/c1-20(2)22-12-14-26(15-13-22)34-19-27(33)30-29-17-24-18-32(25-10-5-4-6-11-25)31-28(24)23-9-7-8-21(3)16-23/h4-18,20H,19H2,1-3H3,(H,30,33)/b29-17-. The van der Waals surface area contributed by atoms with Crippen molar-refractivity contribution >= 4 is 12.1 Å². The highest BCUT2D eigenvalue weighted by atomic mass is 16.5. The monoisotopic (exact) mass is 452 g/mol. The SMILES string of the molecule is Cc1cccc(-c2nn(-c3ccccc3)cc2/C=N\NC(=O)COc2ccc(C(C)C)cc2)c1. The highest BCUT2D eigenvalue weighted by Crippen LogP contribution is 2.23. The second-order valence-corrected chi connectivity index (χ2v) is 8.39. The molecule has 6 nitrogen and oxygen atoms in total. The average Bonchev–Trinajstić information content (AvgIpc) is 3.28. The van der Waals surface area contributed by atoms with Crippen LogP contribution in [-0.4, -0.2) is 28.5 Å². The van der Waals surface area contributed by atoms with E-state index in [1.807, 2.05) is 90.6 Å². The van der Waals surface area contributed by atoms with Crippen LogP contribution in [-0.2, 0) is 4.79 Å². The number of rotatable bonds is 8. The van der Waals surface area contributed by atoms with Crippen LogP contribution in [0, 0.1) is 6.92 Å². The number of nitrogens with one attached hydrogen (secondary N) is 1. The highest BCUT2D eigenvalue weighted by molar-refractivity contribution is 5.89. The first-order valence-electron chi connectivity index (χ1n) is 11.3. The fourth-order valence-electron chi connectivity index (χ4n) is 3.52. The minimum absolute atomic E-state index is 0.119. The zero-order valence-electron chi connectivity index (χ0n) is 19.6. The van der Waals surface area contributed by atoms with Crippen molar-refractivity contribution in [3.8, 4) is 22.7 Å². The summed E-state index contributed by atoms with van der Waals surface area (Å²) in [6.45, 7) is 6.19. The largest absolute Gasteiger partial charge is 0.484 e. The molecule has 6 heteroatoms. The Morgan fingerprint density at radius 2 is 1.82 bits per heavy atom. The summed E-state index contributed by atoms with van der Waals surface area (Å²) in [5.41, 5.74) is 8.40. The summed E-state index contributed by atoms with van der Waals surface area (Å²) >= 11 is 0. The number of hydrazone groups is 1. The molecule has 172 valence electrons. The molecule has 0 saturated carbocycles. The van der Waals surface area contributed by atoms with Gasteiger partial charge in [0.25, 0.3) is 5.91 Å². The van der Waals surface area contributed by atoms with Crippen LogP contribution in [0.5, 0.6) is 5.75 Å². The Morgan fingerprint density at radius 3 is 2.53 bits per heavy atom. The molecule has 0 radical (unpaired) electrons. The third-order valence-corrected chi connectivity index (χ3v) is 5.36. The third kappa shape index (κ3) is 5.78. The van der Waals surface area contributed by atoms with Gasteiger partial charge in [-0.05, 0) is 48.7 Å². The van der Waals surface area contributed by atoms with Crippen LogP contribution < -0.4 is 10.2 Å². The summed E-state index contributed by atoms with van der Waals surface area (Å²) in [5.74, 6) is 0.758. The zero-order valence-corrected chi connectivity index (χ0v) is 19.6. The van der Waals surface area contributed by atoms with Crippen molar-refractivity contribution in [2.24, 2.45) is 5.10 Å². The Hall–Kier alpha value is -4.19. The van der Waals surface area contributed by atoms with E-state index in [2.05, 4.69) is 30.4 Å². The minimum atomic E-state index is -0.336. The van der Waals surface area contributed by atoms with Crippen molar-refractivity contribution in [3.05, 3.63) is 102 Å². The Bertz CT molecular complexity index is 1280. The molecule has 1 heterocycles. The molecule has 34 heavy (non-hydrogen) atoms. The van der Waals surface area contributed by atoms with Gasteiger partial charge < -0.3 is 4.74 Å². The van der Waals surface area contributed by atoms with Crippen molar-refractivity contribution in [3.63, 3.8) is 0 Å². The smallest absolute Gasteiger partial charge is 0.277 e. The van der Waals surface area contributed by atoms with Crippen molar-refractivity contribution < 1.29 is 9.53 Å². The molecular formula is C28H28N4O2. The minimum Gasteiger partial charge on any atom is -0.484 e. The molecule has 0 unspecified atom stereocenters. The van der Waals surface area contributed by atoms with E-state index in [4.69, 9.17) is 9.84 Å². The molecule has 0 spiro atoms. The maximum Gasteiger partial charge on any atom is 0.277 e. The van der Waals surface area contributed by atoms with E-state index in [-0.39, 0.29) is 12.5 Å². The van der Waals surface area contributed by atoms with E-state index in [1.54, 1.807) is 6.21 Å². The molecule has 1 N–H and O–H groups in total. The maximum atomic E-state index is 12.2. The van der Waals surface area contributed by atoms with Gasteiger partial charge >= 0.3 is 0 Å². The predicted molar refractivity (Wildman–Crippen MR) is 135 cm³/mol. The number of hydrogen-bond acceptors (Lipinski definition) is 4. The molecule has 0 aliphatic rings. The lowest BCUT2D eigenvalue weighted by Crippen LogP contribution is -2.24. The lowest BCUT2D eigenvalue weighted by atomic mass is 10.0. The Labute approximate surface area is 199 Å². The number of carbonyl (C=O) groups is 1. The fraction of sp³-hybridized carbons (Fsp3) is 0.179. The van der Waals surface area contributed by atoms with Gasteiger partial charge in [0.2, 0.25) is 0 Å². The van der Waals surface area contributed by atoms with E-state index in [9.17, 15) is 4.79 Å². The van der Waals surface area contributed by atoms with Gasteiger partial charge in [-0.3, -0.25) is 4.79 Å². The molecular weight excluding hydrogens is 424 g/mol. The van der Waals surface area contributed by atoms with Gasteiger partial charge in [-0.1, -0.05) is 67.9 Å². The van der Waals surface area contributed by atoms with E-state index in [0.29, 0.717) is 11.7 Å². The molecule has 0 aliphatic heterocycles. The number of hydrogen-bond donors (Lipinski definition) is 1. The molecule has 0 bridgehead atoms. The van der Waals surface area contributed by atoms with Gasteiger partial charge in [0.15, 0.2) is 6.61 Å². The third-order valence-electron chi connectivity index (χ3n) is 5.36. The topological polar surface area (TPSA) is 68.5 Å². The van der Waals surface area contributed by atoms with E-state index >= 15 is 0 Å². The normalized spacial score (nSPS) is 11.2. The molecule has 3 aromatic carbocycles. The lowest BCUT2D eigenvalue weighted by molar-refractivity contribution is -0.123. The predicted octanol–water partition coefficient (Wildman–Crippen LogP) is 5.50. The summed E-state index contributed by atoms with van der Waals surface area (Å²) in [6, 6.07) is 25.8. The van der Waals surface area contributed by atoms with Gasteiger partial charge in [0.05, 0.1) is 11.9 Å². The lowest BCUT2D eigenvalue weighted by Gasteiger charge is -2.08. The number of benzene rings is 3. The second kappa shape index (κ2) is 10.6. The number of nitrogens with zero attached hydrogens (tertiary/aromatic N) is 3. The second-order valence-electron chi connectivity index (χ2n) is 8.39. The number of para-hydroxylation sites is 1. The van der Waals surface area contributed by atoms with E-state index in [1.165, 1.54) is 5.56 Å². The molecule has 1 amide bonds. The molecule has 0 atom stereocenters. The summed E-state index contributed by atoms with van der Waals surface area (Å²) in [5, 5.41) is 8.92. The van der Waals surface area contributed by atoms with Crippen molar-refractivity contribution in [2.45, 2.75) is 26.7 Å². The van der Waals surface area contributed by atoms with Crippen LogP contribution in [0.25, 0.3) is 16.9 Å². The summed E-state index contributed by atoms with van der Waals surface area (Å²) in [7, 11) is 0. The fourth-order valence-corrected chi connectivity index (χ4v) is 3.52. The number of carbonyl (C=O) groups excluding carboxylic acids is 1. The van der Waals surface area contributed by atoms with Crippen LogP contribution in [0.2, 0.25) is 0 Å². The van der Waals surface area contributed by atoms with Crippen LogP contribution >= 0.6 is 0 Å². The van der Waals surface area contributed by atoms with Crippen LogP contribution in [0.4, 0.5) is 0 Å². The Balaban J connectivity index is 1.46. The summed E-state index contributed by atoms with van der Waals surface area (Å²) in [4.78, 5) is 12.2. The molecule has 0 aliphatic carbocycles. The first-order chi connectivity index (χ1) is 16.5.